The molecule has 2 saturated heterocycles. The average molecular weight is 259 g/mol. The van der Waals surface area contributed by atoms with Gasteiger partial charge in [-0.2, -0.15) is 0 Å². The molecule has 0 aromatic carbocycles. The molecule has 1 aromatic heterocycles. The quantitative estimate of drug-likeness (QED) is 0.879. The fourth-order valence-corrected chi connectivity index (χ4v) is 3.56. The van der Waals surface area contributed by atoms with Crippen molar-refractivity contribution in [2.24, 2.45) is 5.92 Å². The van der Waals surface area contributed by atoms with Crippen molar-refractivity contribution in [2.75, 3.05) is 24.6 Å². The van der Waals surface area contributed by atoms with E-state index in [0.29, 0.717) is 12.1 Å². The number of anilines is 1. The van der Waals surface area contributed by atoms with Crippen molar-refractivity contribution in [3.05, 3.63) is 18.5 Å². The minimum absolute atomic E-state index is 0.612. The minimum atomic E-state index is 0.612. The summed E-state index contributed by atoms with van der Waals surface area (Å²) in [6, 6.07) is 3.18. The monoisotopic (exact) mass is 259 g/mol. The summed E-state index contributed by atoms with van der Waals surface area (Å²) in [6.07, 6.45) is 8.91. The lowest BCUT2D eigenvalue weighted by molar-refractivity contribution is 0.205. The van der Waals surface area contributed by atoms with Gasteiger partial charge in [-0.05, 0) is 44.2 Å². The first kappa shape index (κ1) is 11.6. The molecule has 0 radical (unpaired) electrons. The lowest BCUT2D eigenvalue weighted by atomic mass is 9.92. The number of fused-ring (bicyclic) bond motifs is 1. The van der Waals surface area contributed by atoms with Crippen molar-refractivity contribution in [1.82, 2.24) is 20.3 Å². The van der Waals surface area contributed by atoms with Crippen LogP contribution >= 0.6 is 0 Å². The lowest BCUT2D eigenvalue weighted by Gasteiger charge is -2.42. The number of nitrogens with zero attached hydrogens (tertiary/aromatic N) is 4. The normalized spacial score (nSPS) is 31.2. The Labute approximate surface area is 114 Å². The maximum absolute atomic E-state index is 4.47. The van der Waals surface area contributed by atoms with Crippen molar-refractivity contribution >= 4 is 5.95 Å². The third-order valence-electron chi connectivity index (χ3n) is 4.83. The van der Waals surface area contributed by atoms with Crippen LogP contribution in [0.5, 0.6) is 0 Å². The van der Waals surface area contributed by atoms with Crippen LogP contribution in [0.4, 0.5) is 5.95 Å². The molecule has 1 aromatic rings. The zero-order chi connectivity index (χ0) is 12.7. The summed E-state index contributed by atoms with van der Waals surface area (Å²) < 4.78 is 0. The van der Waals surface area contributed by atoms with Crippen molar-refractivity contribution in [1.29, 1.82) is 0 Å². The smallest absolute Gasteiger partial charge is 0.240 e. The summed E-state index contributed by atoms with van der Waals surface area (Å²) in [5.74, 6) is 1.69. The van der Waals surface area contributed by atoms with Crippen LogP contribution in [0.15, 0.2) is 18.5 Å². The van der Waals surface area contributed by atoms with Gasteiger partial charge in [0.15, 0.2) is 0 Å². The average Bonchev–Trinajstić information content (AvgIpc) is 2.95. The molecule has 19 heavy (non-hydrogen) atoms. The fraction of sp³-hybridized carbons (Fsp3) is 0.714. The number of hydrazine groups is 1. The number of hydrogen-bond acceptors (Lipinski definition) is 5. The predicted octanol–water partition coefficient (Wildman–Crippen LogP) is 1.04. The van der Waals surface area contributed by atoms with Crippen LogP contribution in [0.25, 0.3) is 0 Å². The van der Waals surface area contributed by atoms with E-state index in [4.69, 9.17) is 0 Å². The van der Waals surface area contributed by atoms with Crippen LogP contribution in [0.1, 0.15) is 25.7 Å². The van der Waals surface area contributed by atoms with Gasteiger partial charge >= 0.3 is 0 Å². The van der Waals surface area contributed by atoms with Gasteiger partial charge in [-0.3, -0.25) is 5.01 Å². The molecule has 1 saturated carbocycles. The van der Waals surface area contributed by atoms with Gasteiger partial charge in [0.25, 0.3) is 0 Å². The predicted molar refractivity (Wildman–Crippen MR) is 73.6 cm³/mol. The van der Waals surface area contributed by atoms with Crippen LogP contribution in [0.2, 0.25) is 0 Å². The van der Waals surface area contributed by atoms with Gasteiger partial charge < -0.3 is 5.32 Å². The summed E-state index contributed by atoms with van der Waals surface area (Å²) in [5.41, 5.74) is 0. The zero-order valence-electron chi connectivity index (χ0n) is 11.2. The minimum Gasteiger partial charge on any atom is -0.312 e. The molecule has 0 amide bonds. The fourth-order valence-electron chi connectivity index (χ4n) is 3.56. The number of rotatable bonds is 3. The Morgan fingerprint density at radius 2 is 2.00 bits per heavy atom. The maximum atomic E-state index is 4.47. The summed E-state index contributed by atoms with van der Waals surface area (Å²) in [5, 5.41) is 8.49. The molecule has 1 aliphatic carbocycles. The van der Waals surface area contributed by atoms with Gasteiger partial charge in [-0.15, -0.1) is 0 Å². The van der Waals surface area contributed by atoms with E-state index in [1.807, 2.05) is 18.5 Å². The highest BCUT2D eigenvalue weighted by Crippen LogP contribution is 2.33. The molecule has 5 heteroatoms. The van der Waals surface area contributed by atoms with Crippen LogP contribution in [-0.2, 0) is 0 Å². The Morgan fingerprint density at radius 3 is 2.68 bits per heavy atom. The highest BCUT2D eigenvalue weighted by Gasteiger charge is 2.41. The highest BCUT2D eigenvalue weighted by molar-refractivity contribution is 5.30. The number of hydrogen-bond donors (Lipinski definition) is 1. The maximum Gasteiger partial charge on any atom is 0.240 e. The molecule has 0 bridgehead atoms. The second-order valence-corrected chi connectivity index (χ2v) is 5.96. The van der Waals surface area contributed by atoms with Crippen molar-refractivity contribution in [3.63, 3.8) is 0 Å². The standard InChI is InChI=1S/C14H21N5/c1-3-12(4-1)19(14-16-6-2-7-17-14)18-9-11-5-8-15-13(11)10-18/h2,6-7,11-13,15H,1,3-5,8-10H2. The molecule has 3 fully saturated rings. The molecule has 2 atom stereocenters. The Balaban J connectivity index is 1.57. The van der Waals surface area contributed by atoms with E-state index in [1.165, 1.54) is 32.2 Å². The first-order valence-corrected chi connectivity index (χ1v) is 7.46. The topological polar surface area (TPSA) is 44.3 Å². The first-order chi connectivity index (χ1) is 9.42. The Hall–Kier alpha value is -1.20. The molecular formula is C14H21N5. The van der Waals surface area contributed by atoms with Gasteiger partial charge in [-0.25, -0.2) is 15.0 Å². The second-order valence-electron chi connectivity index (χ2n) is 5.96. The Bertz CT molecular complexity index is 421. The molecule has 4 rings (SSSR count). The SMILES string of the molecule is c1cnc(N(C2CCC2)N2CC3CCNC3C2)nc1. The summed E-state index contributed by atoms with van der Waals surface area (Å²) in [7, 11) is 0. The van der Waals surface area contributed by atoms with Crippen LogP contribution in [-0.4, -0.2) is 46.7 Å². The zero-order valence-corrected chi connectivity index (χ0v) is 11.2. The summed E-state index contributed by atoms with van der Waals surface area (Å²) in [4.78, 5) is 8.95. The van der Waals surface area contributed by atoms with E-state index in [0.717, 1.165) is 25.0 Å². The van der Waals surface area contributed by atoms with Gasteiger partial charge in [0.1, 0.15) is 0 Å². The van der Waals surface area contributed by atoms with E-state index in [2.05, 4.69) is 25.3 Å². The third kappa shape index (κ3) is 2.01. The van der Waals surface area contributed by atoms with Crippen molar-refractivity contribution in [2.45, 2.75) is 37.8 Å². The molecular weight excluding hydrogens is 238 g/mol. The molecule has 3 aliphatic rings. The van der Waals surface area contributed by atoms with Gasteiger partial charge in [0.05, 0.1) is 0 Å². The third-order valence-corrected chi connectivity index (χ3v) is 4.83. The molecule has 5 nitrogen and oxygen atoms in total. The highest BCUT2D eigenvalue weighted by atomic mass is 15.7. The summed E-state index contributed by atoms with van der Waals surface area (Å²) >= 11 is 0. The van der Waals surface area contributed by atoms with Crippen molar-refractivity contribution < 1.29 is 0 Å². The van der Waals surface area contributed by atoms with Crippen molar-refractivity contribution in [3.8, 4) is 0 Å². The largest absolute Gasteiger partial charge is 0.312 e. The van der Waals surface area contributed by atoms with E-state index in [1.54, 1.807) is 0 Å². The molecule has 3 heterocycles. The second kappa shape index (κ2) is 4.72. The lowest BCUT2D eigenvalue weighted by Crippen LogP contribution is -2.52. The van der Waals surface area contributed by atoms with E-state index < -0.39 is 0 Å². The number of aromatic nitrogens is 2. The van der Waals surface area contributed by atoms with E-state index in [-0.39, 0.29) is 0 Å². The molecule has 2 unspecified atom stereocenters. The first-order valence-electron chi connectivity index (χ1n) is 7.46. The molecule has 1 N–H and O–H groups in total. The van der Waals surface area contributed by atoms with Crippen LogP contribution < -0.4 is 10.3 Å². The summed E-state index contributed by atoms with van der Waals surface area (Å²) in [6.45, 7) is 3.46. The van der Waals surface area contributed by atoms with E-state index >= 15 is 0 Å². The van der Waals surface area contributed by atoms with Gasteiger partial charge in [0, 0.05) is 37.6 Å². The molecule has 0 spiro atoms. The molecule has 102 valence electrons. The Morgan fingerprint density at radius 1 is 1.16 bits per heavy atom. The number of nitrogens with one attached hydrogen (secondary N) is 1. The van der Waals surface area contributed by atoms with Gasteiger partial charge in [-0.1, -0.05) is 0 Å². The van der Waals surface area contributed by atoms with Gasteiger partial charge in [0.2, 0.25) is 5.95 Å². The van der Waals surface area contributed by atoms with E-state index in [9.17, 15) is 0 Å². The Kier molecular flexibility index (Phi) is 2.89. The molecule has 2 aliphatic heterocycles. The van der Waals surface area contributed by atoms with Crippen LogP contribution in [0.3, 0.4) is 0 Å². The van der Waals surface area contributed by atoms with Crippen LogP contribution in [0, 0.1) is 5.92 Å².